The van der Waals surface area contributed by atoms with Crippen LogP contribution in [0.15, 0.2) is 12.4 Å². The molecule has 0 spiro atoms. The minimum Gasteiger partial charge on any atom is -0.371 e. The molecule has 1 aliphatic heterocycles. The van der Waals surface area contributed by atoms with Gasteiger partial charge in [-0.15, -0.1) is 0 Å². The Morgan fingerprint density at radius 2 is 2.33 bits per heavy atom. The number of amides is 1. The molecule has 2 heterocycles. The number of ether oxygens (including phenoxy) is 1. The predicted molar refractivity (Wildman–Crippen MR) is 82.2 cm³/mol. The van der Waals surface area contributed by atoms with Gasteiger partial charge in [0, 0.05) is 19.3 Å². The van der Waals surface area contributed by atoms with Gasteiger partial charge in [0.15, 0.2) is 0 Å². The Bertz CT molecular complexity index is 480. The largest absolute Gasteiger partial charge is 0.371 e. The van der Waals surface area contributed by atoms with Crippen LogP contribution in [0.2, 0.25) is 0 Å². The van der Waals surface area contributed by atoms with E-state index in [1.165, 1.54) is 0 Å². The molecule has 5 nitrogen and oxygen atoms in total. The molecule has 0 aromatic carbocycles. The smallest absolute Gasteiger partial charge is 0.254 e. The minimum absolute atomic E-state index is 0.0722. The molecular formula is C16H27N3O2. The summed E-state index contributed by atoms with van der Waals surface area (Å²) in [5.74, 6) is 0.440. The van der Waals surface area contributed by atoms with Crippen molar-refractivity contribution >= 4 is 5.91 Å². The summed E-state index contributed by atoms with van der Waals surface area (Å²) in [6, 6.07) is 0. The number of nitrogens with one attached hydrogen (secondary N) is 1. The van der Waals surface area contributed by atoms with Crippen molar-refractivity contribution in [2.45, 2.75) is 65.2 Å². The Kier molecular flexibility index (Phi) is 5.04. The van der Waals surface area contributed by atoms with Crippen LogP contribution in [0.25, 0.3) is 0 Å². The normalized spacial score (nSPS) is 21.5. The van der Waals surface area contributed by atoms with E-state index in [1.807, 2.05) is 4.68 Å². The first-order valence-electron chi connectivity index (χ1n) is 7.84. The standard InChI is InChI=1S/C16H27N3O2/c1-12(2)10-19-11-13(8-18-19)15(20)17-9-14-6-5-7-16(3,4)21-14/h8,11-12,14H,5-7,9-10H2,1-4H3,(H,17,20). The van der Waals surface area contributed by atoms with Crippen molar-refractivity contribution in [3.63, 3.8) is 0 Å². The molecule has 118 valence electrons. The molecule has 1 fully saturated rings. The average molecular weight is 293 g/mol. The lowest BCUT2D eigenvalue weighted by molar-refractivity contribution is -0.104. The molecule has 2 rings (SSSR count). The summed E-state index contributed by atoms with van der Waals surface area (Å²) < 4.78 is 7.80. The molecule has 1 unspecified atom stereocenters. The molecule has 0 bridgehead atoms. The van der Waals surface area contributed by atoms with Gasteiger partial charge in [0.25, 0.3) is 5.91 Å². The average Bonchev–Trinajstić information content (AvgIpc) is 2.82. The van der Waals surface area contributed by atoms with Gasteiger partial charge in [0.1, 0.15) is 0 Å². The van der Waals surface area contributed by atoms with E-state index in [4.69, 9.17) is 4.74 Å². The number of nitrogens with zero attached hydrogens (tertiary/aromatic N) is 2. The molecule has 5 heteroatoms. The van der Waals surface area contributed by atoms with Crippen molar-refractivity contribution in [3.05, 3.63) is 18.0 Å². The van der Waals surface area contributed by atoms with Gasteiger partial charge in [0.2, 0.25) is 0 Å². The fourth-order valence-corrected chi connectivity index (χ4v) is 2.73. The highest BCUT2D eigenvalue weighted by molar-refractivity contribution is 5.93. The number of rotatable bonds is 5. The van der Waals surface area contributed by atoms with Gasteiger partial charge < -0.3 is 10.1 Å². The summed E-state index contributed by atoms with van der Waals surface area (Å²) in [6.45, 7) is 9.87. The molecule has 1 amide bonds. The van der Waals surface area contributed by atoms with Gasteiger partial charge in [0.05, 0.1) is 23.5 Å². The Morgan fingerprint density at radius 1 is 1.57 bits per heavy atom. The molecule has 1 aromatic rings. The van der Waals surface area contributed by atoms with Crippen molar-refractivity contribution < 1.29 is 9.53 Å². The summed E-state index contributed by atoms with van der Waals surface area (Å²) in [4.78, 5) is 12.1. The lowest BCUT2D eigenvalue weighted by Gasteiger charge is -2.36. The monoisotopic (exact) mass is 293 g/mol. The summed E-state index contributed by atoms with van der Waals surface area (Å²) in [5, 5.41) is 7.18. The Hall–Kier alpha value is -1.36. The number of carbonyl (C=O) groups excluding carboxylic acids is 1. The highest BCUT2D eigenvalue weighted by Gasteiger charge is 2.28. The van der Waals surface area contributed by atoms with E-state index in [1.54, 1.807) is 12.4 Å². The fourth-order valence-electron chi connectivity index (χ4n) is 2.73. The SMILES string of the molecule is CC(C)Cn1cc(C(=O)NCC2CCCC(C)(C)O2)cn1. The molecule has 1 aromatic heterocycles. The second-order valence-electron chi connectivity index (χ2n) is 6.95. The third-order valence-electron chi connectivity index (χ3n) is 3.73. The topological polar surface area (TPSA) is 56.2 Å². The lowest BCUT2D eigenvalue weighted by Crippen LogP contribution is -2.42. The lowest BCUT2D eigenvalue weighted by atomic mass is 9.95. The van der Waals surface area contributed by atoms with Crippen LogP contribution in [0.4, 0.5) is 0 Å². The van der Waals surface area contributed by atoms with E-state index in [0.29, 0.717) is 18.0 Å². The Morgan fingerprint density at radius 3 is 3.00 bits per heavy atom. The second kappa shape index (κ2) is 6.60. The summed E-state index contributed by atoms with van der Waals surface area (Å²) in [6.07, 6.45) is 6.79. The molecule has 1 aliphatic rings. The van der Waals surface area contributed by atoms with Gasteiger partial charge >= 0.3 is 0 Å². The van der Waals surface area contributed by atoms with Crippen LogP contribution in [0, 0.1) is 5.92 Å². The molecular weight excluding hydrogens is 266 g/mol. The zero-order valence-corrected chi connectivity index (χ0v) is 13.6. The Labute approximate surface area is 127 Å². The molecule has 1 saturated heterocycles. The predicted octanol–water partition coefficient (Wildman–Crippen LogP) is 2.62. The maximum absolute atomic E-state index is 12.1. The number of hydrogen-bond acceptors (Lipinski definition) is 3. The zero-order valence-electron chi connectivity index (χ0n) is 13.6. The zero-order chi connectivity index (χ0) is 15.5. The maximum atomic E-state index is 12.1. The van der Waals surface area contributed by atoms with Crippen LogP contribution < -0.4 is 5.32 Å². The van der Waals surface area contributed by atoms with E-state index in [9.17, 15) is 4.79 Å². The van der Waals surface area contributed by atoms with E-state index in [-0.39, 0.29) is 17.6 Å². The molecule has 0 saturated carbocycles. The van der Waals surface area contributed by atoms with Crippen molar-refractivity contribution in [2.24, 2.45) is 5.92 Å². The summed E-state index contributed by atoms with van der Waals surface area (Å²) in [5.41, 5.74) is 0.543. The third kappa shape index (κ3) is 4.84. The molecule has 1 N–H and O–H groups in total. The first-order chi connectivity index (χ1) is 9.85. The Balaban J connectivity index is 1.83. The number of aromatic nitrogens is 2. The number of carbonyl (C=O) groups is 1. The highest BCUT2D eigenvalue weighted by atomic mass is 16.5. The molecule has 21 heavy (non-hydrogen) atoms. The molecule has 1 atom stereocenters. The van der Waals surface area contributed by atoms with E-state index in [0.717, 1.165) is 25.8 Å². The second-order valence-corrected chi connectivity index (χ2v) is 6.95. The van der Waals surface area contributed by atoms with Gasteiger partial charge in [-0.25, -0.2) is 0 Å². The summed E-state index contributed by atoms with van der Waals surface area (Å²) >= 11 is 0. The summed E-state index contributed by atoms with van der Waals surface area (Å²) in [7, 11) is 0. The molecule has 0 radical (unpaired) electrons. The minimum atomic E-state index is -0.0736. The van der Waals surface area contributed by atoms with Crippen LogP contribution in [-0.2, 0) is 11.3 Å². The van der Waals surface area contributed by atoms with Crippen LogP contribution >= 0.6 is 0 Å². The number of hydrogen-bond donors (Lipinski definition) is 1. The third-order valence-corrected chi connectivity index (χ3v) is 3.73. The van der Waals surface area contributed by atoms with Crippen LogP contribution in [-0.4, -0.2) is 33.9 Å². The van der Waals surface area contributed by atoms with Crippen molar-refractivity contribution in [3.8, 4) is 0 Å². The highest BCUT2D eigenvalue weighted by Crippen LogP contribution is 2.27. The van der Waals surface area contributed by atoms with E-state index in [2.05, 4.69) is 38.1 Å². The van der Waals surface area contributed by atoms with Crippen LogP contribution in [0.5, 0.6) is 0 Å². The van der Waals surface area contributed by atoms with Crippen LogP contribution in [0.1, 0.15) is 57.3 Å². The van der Waals surface area contributed by atoms with Gasteiger partial charge in [-0.3, -0.25) is 9.48 Å². The molecule has 0 aliphatic carbocycles. The maximum Gasteiger partial charge on any atom is 0.254 e. The van der Waals surface area contributed by atoms with Crippen molar-refractivity contribution in [1.29, 1.82) is 0 Å². The van der Waals surface area contributed by atoms with Gasteiger partial charge in [-0.1, -0.05) is 13.8 Å². The van der Waals surface area contributed by atoms with Gasteiger partial charge in [-0.05, 0) is 39.0 Å². The van der Waals surface area contributed by atoms with Crippen LogP contribution in [0.3, 0.4) is 0 Å². The van der Waals surface area contributed by atoms with E-state index < -0.39 is 0 Å². The first-order valence-corrected chi connectivity index (χ1v) is 7.84. The van der Waals surface area contributed by atoms with Gasteiger partial charge in [-0.2, -0.15) is 5.10 Å². The van der Waals surface area contributed by atoms with Crippen molar-refractivity contribution in [1.82, 2.24) is 15.1 Å². The first kappa shape index (κ1) is 16.0. The quantitative estimate of drug-likeness (QED) is 0.908. The fraction of sp³-hybridized carbons (Fsp3) is 0.750. The van der Waals surface area contributed by atoms with Crippen molar-refractivity contribution in [2.75, 3.05) is 6.54 Å². The van der Waals surface area contributed by atoms with E-state index >= 15 is 0 Å².